The number of rotatable bonds is 8. The van der Waals surface area contributed by atoms with Crippen LogP contribution in [0.15, 0.2) is 60.7 Å². The van der Waals surface area contributed by atoms with Gasteiger partial charge in [-0.3, -0.25) is 10.1 Å². The molecule has 0 amide bonds. The lowest BCUT2D eigenvalue weighted by Crippen LogP contribution is -2.45. The van der Waals surface area contributed by atoms with Crippen LogP contribution in [-0.4, -0.2) is 41.8 Å². The number of nitrogens with one attached hydrogen (secondary N) is 2. The fourth-order valence-corrected chi connectivity index (χ4v) is 5.14. The molecule has 3 aromatic carbocycles. The van der Waals surface area contributed by atoms with Gasteiger partial charge in [-0.15, -0.1) is 0 Å². The van der Waals surface area contributed by atoms with E-state index in [1.807, 2.05) is 36.4 Å². The highest BCUT2D eigenvalue weighted by molar-refractivity contribution is 6.35. The highest BCUT2D eigenvalue weighted by Crippen LogP contribution is 2.36. The molecule has 0 spiro atoms. The molecule has 0 fully saturated rings. The highest BCUT2D eigenvalue weighted by Gasteiger charge is 2.34. The SMILES string of the molecule is COc1ccc(C2NC(C(=O)O)Cc3c2[nH]c2ccccc32)cc1COC(=O)COc1ccc(Cl)cc1Cl. The maximum atomic E-state index is 12.4. The zero-order valence-corrected chi connectivity index (χ0v) is 21.8. The molecule has 2 atom stereocenters. The highest BCUT2D eigenvalue weighted by atomic mass is 35.5. The maximum absolute atomic E-state index is 12.4. The summed E-state index contributed by atoms with van der Waals surface area (Å²) in [7, 11) is 1.53. The quantitative estimate of drug-likeness (QED) is 0.254. The second-order valence-electron chi connectivity index (χ2n) is 8.85. The van der Waals surface area contributed by atoms with Crippen LogP contribution in [0.5, 0.6) is 11.5 Å². The van der Waals surface area contributed by atoms with Gasteiger partial charge in [-0.2, -0.15) is 0 Å². The fourth-order valence-electron chi connectivity index (χ4n) is 4.68. The van der Waals surface area contributed by atoms with Crippen LogP contribution in [0.3, 0.4) is 0 Å². The minimum atomic E-state index is -0.922. The summed E-state index contributed by atoms with van der Waals surface area (Å²) in [4.78, 5) is 27.8. The van der Waals surface area contributed by atoms with E-state index >= 15 is 0 Å². The van der Waals surface area contributed by atoms with Crippen molar-refractivity contribution in [2.75, 3.05) is 13.7 Å². The van der Waals surface area contributed by atoms with Crippen LogP contribution >= 0.6 is 23.2 Å². The Balaban J connectivity index is 1.37. The van der Waals surface area contributed by atoms with Crippen LogP contribution in [-0.2, 0) is 27.4 Å². The van der Waals surface area contributed by atoms with Crippen molar-refractivity contribution in [1.82, 2.24) is 10.3 Å². The summed E-state index contributed by atoms with van der Waals surface area (Å²) in [5.74, 6) is -0.665. The molecule has 0 saturated carbocycles. The van der Waals surface area contributed by atoms with Gasteiger partial charge in [0.2, 0.25) is 0 Å². The summed E-state index contributed by atoms with van der Waals surface area (Å²) in [6.07, 6.45) is 0.365. The van der Waals surface area contributed by atoms with Gasteiger partial charge in [-0.1, -0.05) is 47.5 Å². The Labute approximate surface area is 228 Å². The number of methoxy groups -OCH3 is 1. The van der Waals surface area contributed by atoms with Crippen LogP contribution in [0.2, 0.25) is 10.0 Å². The number of aromatic amines is 1. The standard InChI is InChI=1S/C28H24Cl2N2O6/c1-36-23-8-6-15(10-16(23)13-38-25(33)14-37-24-9-7-17(29)11-20(24)30)26-27-19(12-22(32-26)28(34)35)18-4-2-3-5-21(18)31-27/h2-11,22,26,31-32H,12-14H2,1H3,(H,34,35). The lowest BCUT2D eigenvalue weighted by atomic mass is 9.89. The number of carboxylic acid groups (broad SMARTS) is 1. The number of carbonyl (C=O) groups is 2. The van der Waals surface area contributed by atoms with Crippen LogP contribution in [0.25, 0.3) is 10.9 Å². The van der Waals surface area contributed by atoms with E-state index in [0.717, 1.165) is 27.7 Å². The van der Waals surface area contributed by atoms with Crippen molar-refractivity contribution >= 4 is 46.0 Å². The van der Waals surface area contributed by atoms with Gasteiger partial charge < -0.3 is 24.3 Å². The smallest absolute Gasteiger partial charge is 0.344 e. The summed E-state index contributed by atoms with van der Waals surface area (Å²) in [5.41, 5.74) is 4.25. The van der Waals surface area contributed by atoms with E-state index in [4.69, 9.17) is 37.4 Å². The third-order valence-corrected chi connectivity index (χ3v) is 7.01. The molecule has 5 rings (SSSR count). The molecule has 196 valence electrons. The molecule has 3 N–H and O–H groups in total. The molecule has 2 heterocycles. The van der Waals surface area contributed by atoms with Crippen LogP contribution in [0.1, 0.15) is 28.4 Å². The minimum Gasteiger partial charge on any atom is -0.496 e. The van der Waals surface area contributed by atoms with Gasteiger partial charge in [0, 0.05) is 33.6 Å². The van der Waals surface area contributed by atoms with Crippen molar-refractivity contribution in [3.8, 4) is 11.5 Å². The van der Waals surface area contributed by atoms with E-state index in [1.165, 1.54) is 13.2 Å². The van der Waals surface area contributed by atoms with Gasteiger partial charge in [-0.05, 0) is 47.5 Å². The first-order chi connectivity index (χ1) is 18.3. The van der Waals surface area contributed by atoms with E-state index in [0.29, 0.717) is 28.5 Å². The molecular formula is C28H24Cl2N2O6. The summed E-state index contributed by atoms with van der Waals surface area (Å²) >= 11 is 12.0. The molecule has 0 saturated heterocycles. The number of para-hydroxylation sites is 1. The Morgan fingerprint density at radius 2 is 1.84 bits per heavy atom. The monoisotopic (exact) mass is 554 g/mol. The van der Waals surface area contributed by atoms with Crippen molar-refractivity contribution in [1.29, 1.82) is 0 Å². The van der Waals surface area contributed by atoms with Crippen molar-refractivity contribution in [2.45, 2.75) is 25.1 Å². The molecular weight excluding hydrogens is 531 g/mol. The molecule has 38 heavy (non-hydrogen) atoms. The molecule has 10 heteroatoms. The second kappa shape index (κ2) is 10.9. The molecule has 1 aliphatic heterocycles. The summed E-state index contributed by atoms with van der Waals surface area (Å²) in [6, 6.07) is 16.9. The Bertz CT molecular complexity index is 1520. The number of benzene rings is 3. The molecule has 4 aromatic rings. The van der Waals surface area contributed by atoms with Gasteiger partial charge in [0.1, 0.15) is 24.1 Å². The van der Waals surface area contributed by atoms with Crippen molar-refractivity contribution in [3.63, 3.8) is 0 Å². The van der Waals surface area contributed by atoms with E-state index in [1.54, 1.807) is 18.2 Å². The van der Waals surface area contributed by atoms with Gasteiger partial charge in [-0.25, -0.2) is 4.79 Å². The molecule has 8 nitrogen and oxygen atoms in total. The molecule has 2 unspecified atom stereocenters. The van der Waals surface area contributed by atoms with E-state index in [-0.39, 0.29) is 18.2 Å². The fraction of sp³-hybridized carbons (Fsp3) is 0.214. The van der Waals surface area contributed by atoms with Crippen LogP contribution in [0.4, 0.5) is 0 Å². The van der Waals surface area contributed by atoms with Crippen molar-refractivity contribution in [2.24, 2.45) is 0 Å². The number of hydrogen-bond donors (Lipinski definition) is 3. The number of hydrogen-bond acceptors (Lipinski definition) is 6. The summed E-state index contributed by atoms with van der Waals surface area (Å²) in [6.45, 7) is -0.408. The topological polar surface area (TPSA) is 110 Å². The van der Waals surface area contributed by atoms with Crippen molar-refractivity contribution in [3.05, 3.63) is 93.1 Å². The Kier molecular flexibility index (Phi) is 7.46. The normalized spacial score (nSPS) is 16.6. The number of H-pyrrole nitrogens is 1. The second-order valence-corrected chi connectivity index (χ2v) is 9.70. The van der Waals surface area contributed by atoms with Gasteiger partial charge in [0.05, 0.1) is 18.2 Å². The predicted molar refractivity (Wildman–Crippen MR) is 143 cm³/mol. The van der Waals surface area contributed by atoms with Gasteiger partial charge >= 0.3 is 11.9 Å². The van der Waals surface area contributed by atoms with E-state index in [9.17, 15) is 14.7 Å². The van der Waals surface area contributed by atoms with Crippen LogP contribution in [0, 0.1) is 0 Å². The zero-order valence-electron chi connectivity index (χ0n) is 20.3. The lowest BCUT2D eigenvalue weighted by Gasteiger charge is -2.30. The molecule has 1 aromatic heterocycles. The molecule has 1 aliphatic rings. The average molecular weight is 555 g/mol. The first kappa shape index (κ1) is 25.9. The van der Waals surface area contributed by atoms with E-state index < -0.39 is 24.0 Å². The molecule has 0 radical (unpaired) electrons. The third-order valence-electron chi connectivity index (χ3n) is 6.48. The summed E-state index contributed by atoms with van der Waals surface area (Å²) in [5, 5.41) is 14.8. The number of ether oxygens (including phenoxy) is 3. The number of esters is 1. The lowest BCUT2D eigenvalue weighted by molar-refractivity contribution is -0.147. The Morgan fingerprint density at radius 1 is 1.05 bits per heavy atom. The summed E-state index contributed by atoms with van der Waals surface area (Å²) < 4.78 is 16.4. The Morgan fingerprint density at radius 3 is 2.61 bits per heavy atom. The largest absolute Gasteiger partial charge is 0.496 e. The number of carbonyl (C=O) groups excluding carboxylic acids is 1. The third kappa shape index (κ3) is 5.29. The van der Waals surface area contributed by atoms with Crippen LogP contribution < -0.4 is 14.8 Å². The first-order valence-electron chi connectivity index (χ1n) is 11.8. The number of halogens is 2. The predicted octanol–water partition coefficient (Wildman–Crippen LogP) is 5.29. The van der Waals surface area contributed by atoms with Gasteiger partial charge in [0.15, 0.2) is 6.61 Å². The molecule has 0 bridgehead atoms. The Hall–Kier alpha value is -3.72. The number of carboxylic acids is 1. The average Bonchev–Trinajstić information content (AvgIpc) is 3.29. The molecule has 0 aliphatic carbocycles. The number of aliphatic carboxylic acids is 1. The zero-order chi connectivity index (χ0) is 26.8. The number of aromatic nitrogens is 1. The minimum absolute atomic E-state index is 0.0673. The van der Waals surface area contributed by atoms with E-state index in [2.05, 4.69) is 10.3 Å². The van der Waals surface area contributed by atoms with Gasteiger partial charge in [0.25, 0.3) is 0 Å². The number of fused-ring (bicyclic) bond motifs is 3. The first-order valence-corrected chi connectivity index (χ1v) is 12.6. The maximum Gasteiger partial charge on any atom is 0.344 e. The van der Waals surface area contributed by atoms with Crippen molar-refractivity contribution < 1.29 is 28.9 Å².